The Morgan fingerprint density at radius 1 is 0.600 bits per heavy atom. The fourth-order valence-corrected chi connectivity index (χ4v) is 4.38. The number of ketones is 1. The summed E-state index contributed by atoms with van der Waals surface area (Å²) >= 11 is 23.0. The van der Waals surface area contributed by atoms with Crippen molar-refractivity contribution in [2.24, 2.45) is 4.99 Å². The van der Waals surface area contributed by atoms with E-state index in [-0.39, 0.29) is 18.6 Å². The van der Waals surface area contributed by atoms with Crippen LogP contribution in [0.5, 0.6) is 0 Å². The van der Waals surface area contributed by atoms with Gasteiger partial charge in [-0.2, -0.15) is 26.3 Å². The molecule has 0 unspecified atom stereocenters. The van der Waals surface area contributed by atoms with Crippen LogP contribution in [0.1, 0.15) is 47.9 Å². The van der Waals surface area contributed by atoms with Crippen LogP contribution < -0.4 is 5.73 Å². The lowest BCUT2D eigenvalue weighted by atomic mass is 10.1. The standard InChI is InChI=1S/C15H10Cl2F3N.C8H6Cl2O.C7H6F3N.C7H8.H2/c1-9(10-6-7-12(16)13(17)8-10)21-14-5-3-2-4-11(14)15(18,19)20;1-5(11)6-2-3-7(9)8(10)4-6;8-7(9,10)5-3-1-2-4-6(5)11;1-7-5-3-2-4-6-7;/h2-8H,1H3;2-4H,1H3;1-4H,11H2;2-6H,1H3;1H/i;;;;1+1. The lowest BCUT2D eigenvalue weighted by Crippen LogP contribution is -2.07. The van der Waals surface area contributed by atoms with Gasteiger partial charge < -0.3 is 5.73 Å². The van der Waals surface area contributed by atoms with Gasteiger partial charge in [-0.05, 0) is 80.9 Å². The number of rotatable bonds is 3. The summed E-state index contributed by atoms with van der Waals surface area (Å²) in [5.41, 5.74) is 6.11. The largest absolute Gasteiger partial charge is 0.418 e. The number of nitrogens with zero attached hydrogens (tertiary/aromatic N) is 1. The number of anilines is 1. The van der Waals surface area contributed by atoms with Crippen molar-refractivity contribution in [3.05, 3.63) is 163 Å². The Kier molecular flexibility index (Phi) is 16.3. The lowest BCUT2D eigenvalue weighted by molar-refractivity contribution is -0.137. The van der Waals surface area contributed by atoms with E-state index in [9.17, 15) is 31.1 Å². The van der Waals surface area contributed by atoms with Crippen LogP contribution in [0, 0.1) is 6.92 Å². The molecule has 2 N–H and O–H groups in total. The zero-order valence-corrected chi connectivity index (χ0v) is 29.7. The first-order chi connectivity index (χ1) is 23.3. The molecule has 5 aromatic carbocycles. The monoisotopic (exact) mass is 775 g/mol. The molecule has 13 heteroatoms. The summed E-state index contributed by atoms with van der Waals surface area (Å²) in [5.74, 6) is -0.0106. The number of hydrogen-bond donors (Lipinski definition) is 1. The summed E-state index contributed by atoms with van der Waals surface area (Å²) < 4.78 is 74.6. The molecule has 0 heterocycles. The quantitative estimate of drug-likeness (QED) is 0.0858. The Morgan fingerprint density at radius 2 is 1.04 bits per heavy atom. The van der Waals surface area contributed by atoms with Crippen molar-refractivity contribution in [3.63, 3.8) is 0 Å². The topological polar surface area (TPSA) is 55.5 Å². The average Bonchev–Trinajstić information content (AvgIpc) is 3.04. The van der Waals surface area contributed by atoms with Crippen LogP contribution in [0.15, 0.2) is 120 Å². The third kappa shape index (κ3) is 14.1. The first-order valence-electron chi connectivity index (χ1n) is 14.4. The van der Waals surface area contributed by atoms with Crippen LogP contribution in [0.2, 0.25) is 20.1 Å². The number of Topliss-reactive ketones (excluding diaryl/α,β-unsaturated/α-hetero) is 1. The van der Waals surface area contributed by atoms with Gasteiger partial charge in [0.05, 0.1) is 36.9 Å². The van der Waals surface area contributed by atoms with Crippen LogP contribution in [-0.2, 0) is 12.4 Å². The minimum atomic E-state index is -4.45. The molecule has 5 rings (SSSR count). The van der Waals surface area contributed by atoms with E-state index < -0.39 is 23.5 Å². The van der Waals surface area contributed by atoms with Gasteiger partial charge >= 0.3 is 12.4 Å². The third-order valence-corrected chi connectivity index (χ3v) is 7.85. The van der Waals surface area contributed by atoms with E-state index in [0.29, 0.717) is 36.9 Å². The van der Waals surface area contributed by atoms with Crippen LogP contribution in [0.3, 0.4) is 0 Å². The van der Waals surface area contributed by atoms with Crippen molar-refractivity contribution >= 4 is 69.3 Å². The SMILES string of the molecule is CC(=Nc1ccccc1C(F)(F)F)c1ccc(Cl)c(Cl)c1.CC(=O)c1ccc(Cl)c(Cl)c1.Cc1ccccc1.Nc1ccccc1C(F)(F)F.[2HH]. The van der Waals surface area contributed by atoms with Crippen LogP contribution in [-0.4, -0.2) is 11.5 Å². The van der Waals surface area contributed by atoms with Gasteiger partial charge in [0, 0.05) is 18.4 Å². The van der Waals surface area contributed by atoms with Crippen LogP contribution >= 0.6 is 46.4 Å². The van der Waals surface area contributed by atoms with Gasteiger partial charge in [0.2, 0.25) is 0 Å². The number of carbonyl (C=O) groups excluding carboxylic acids is 1. The van der Waals surface area contributed by atoms with Gasteiger partial charge in [-0.3, -0.25) is 9.79 Å². The maximum absolute atomic E-state index is 12.9. The minimum Gasteiger partial charge on any atom is -0.398 e. The fourth-order valence-electron chi connectivity index (χ4n) is 3.78. The molecular weight excluding hydrogens is 744 g/mol. The lowest BCUT2D eigenvalue weighted by Gasteiger charge is -2.10. The van der Waals surface area contributed by atoms with E-state index in [1.54, 1.807) is 43.3 Å². The number of aliphatic imine (C=N–C) groups is 1. The van der Waals surface area contributed by atoms with Crippen molar-refractivity contribution in [2.75, 3.05) is 5.73 Å². The zero-order valence-electron chi connectivity index (χ0n) is 26.7. The van der Waals surface area contributed by atoms with E-state index in [4.69, 9.17) is 52.1 Å². The van der Waals surface area contributed by atoms with Gasteiger partial charge in [0.1, 0.15) is 0 Å². The van der Waals surface area contributed by atoms with E-state index in [2.05, 4.69) is 24.0 Å². The molecule has 0 radical (unpaired) electrons. The summed E-state index contributed by atoms with van der Waals surface area (Å²) in [6, 6.07) is 30.0. The summed E-state index contributed by atoms with van der Waals surface area (Å²) in [7, 11) is 0. The predicted octanol–water partition coefficient (Wildman–Crippen LogP) is 13.9. The second-order valence-corrected chi connectivity index (χ2v) is 11.9. The number of benzene rings is 5. The molecule has 0 atom stereocenters. The van der Waals surface area contributed by atoms with Gasteiger partial charge in [0.15, 0.2) is 5.78 Å². The molecule has 5 aromatic rings. The fraction of sp³-hybridized carbons (Fsp3) is 0.135. The first-order valence-corrected chi connectivity index (χ1v) is 15.9. The Bertz CT molecular complexity index is 1900. The molecule has 0 saturated carbocycles. The molecule has 266 valence electrons. The van der Waals surface area contributed by atoms with Crippen molar-refractivity contribution in [1.82, 2.24) is 0 Å². The summed E-state index contributed by atoms with van der Waals surface area (Å²) in [6.45, 7) is 5.19. The molecule has 0 bridgehead atoms. The van der Waals surface area contributed by atoms with Gasteiger partial charge in [-0.25, -0.2) is 0 Å². The molecule has 0 aliphatic carbocycles. The van der Waals surface area contributed by atoms with Crippen molar-refractivity contribution in [2.45, 2.75) is 33.1 Å². The molecule has 50 heavy (non-hydrogen) atoms. The summed E-state index contributed by atoms with van der Waals surface area (Å²) in [4.78, 5) is 14.9. The first kappa shape index (κ1) is 42.1. The Labute approximate surface area is 307 Å². The highest BCUT2D eigenvalue weighted by molar-refractivity contribution is 6.42. The second-order valence-electron chi connectivity index (χ2n) is 10.3. The molecule has 0 aromatic heterocycles. The number of nitrogens with two attached hydrogens (primary N) is 1. The number of carbonyl (C=O) groups is 1. The zero-order chi connectivity index (χ0) is 37.6. The predicted molar refractivity (Wildman–Crippen MR) is 195 cm³/mol. The molecule has 3 nitrogen and oxygen atoms in total. The molecule has 0 spiro atoms. The third-order valence-electron chi connectivity index (χ3n) is 6.37. The van der Waals surface area contributed by atoms with Gasteiger partial charge in [-0.15, -0.1) is 0 Å². The Morgan fingerprint density at radius 3 is 1.46 bits per heavy atom. The molecule has 0 amide bonds. The van der Waals surface area contributed by atoms with E-state index >= 15 is 0 Å². The molecular formula is C37H32Cl4F6N2O. The minimum absolute atomic E-state index is 0. The highest BCUT2D eigenvalue weighted by Gasteiger charge is 2.33. The van der Waals surface area contributed by atoms with E-state index in [1.807, 2.05) is 18.2 Å². The molecule has 0 fully saturated rings. The molecule has 0 aliphatic heterocycles. The number of halogens is 10. The molecule has 0 aliphatic rings. The number of nitrogen functional groups attached to an aromatic ring is 1. The summed E-state index contributed by atoms with van der Waals surface area (Å²) in [5, 5.41) is 1.59. The highest BCUT2D eigenvalue weighted by Crippen LogP contribution is 2.36. The maximum atomic E-state index is 12.9. The average molecular weight is 777 g/mol. The number of aryl methyl sites for hydroxylation is 1. The highest BCUT2D eigenvalue weighted by atomic mass is 35.5. The molecule has 0 saturated heterocycles. The van der Waals surface area contributed by atoms with Crippen LogP contribution in [0.25, 0.3) is 0 Å². The van der Waals surface area contributed by atoms with Crippen molar-refractivity contribution < 1.29 is 32.6 Å². The number of para-hydroxylation sites is 2. The van der Waals surface area contributed by atoms with Gasteiger partial charge in [0.25, 0.3) is 0 Å². The number of alkyl halides is 6. The Balaban J connectivity index is 0.000000368. The second kappa shape index (κ2) is 19.4. The van der Waals surface area contributed by atoms with Crippen molar-refractivity contribution in [3.8, 4) is 0 Å². The maximum Gasteiger partial charge on any atom is 0.418 e. The normalized spacial score (nSPS) is 11.2. The smallest absolute Gasteiger partial charge is 0.398 e. The number of hydrogen-bond acceptors (Lipinski definition) is 3. The summed E-state index contributed by atoms with van der Waals surface area (Å²) in [6.07, 6.45) is -8.79. The van der Waals surface area contributed by atoms with Gasteiger partial charge in [-0.1, -0.05) is 113 Å². The van der Waals surface area contributed by atoms with Crippen molar-refractivity contribution in [1.29, 1.82) is 0 Å². The van der Waals surface area contributed by atoms with E-state index in [0.717, 1.165) is 12.1 Å². The van der Waals surface area contributed by atoms with E-state index in [1.165, 1.54) is 48.9 Å². The Hall–Kier alpha value is -4.02. The van der Waals surface area contributed by atoms with Crippen LogP contribution in [0.4, 0.5) is 37.7 Å².